The van der Waals surface area contributed by atoms with Crippen LogP contribution in [-0.4, -0.2) is 31.1 Å². The highest BCUT2D eigenvalue weighted by atomic mass is 32.1. The molecule has 1 aromatic carbocycles. The maximum atomic E-state index is 12.2. The number of aryl methyl sites for hydroxylation is 2. The van der Waals surface area contributed by atoms with Crippen molar-refractivity contribution in [2.75, 3.05) is 18.5 Å². The Hall–Kier alpha value is -2.67. The minimum Gasteiger partial charge on any atom is -0.462 e. The van der Waals surface area contributed by atoms with Crippen molar-refractivity contribution in [2.24, 2.45) is 0 Å². The number of carbonyl (C=O) groups excluding carboxylic acids is 3. The van der Waals surface area contributed by atoms with E-state index < -0.39 is 24.5 Å². The summed E-state index contributed by atoms with van der Waals surface area (Å²) in [6.45, 7) is 7.21. The number of nitrogens with one attached hydrogen (secondary N) is 1. The Bertz CT molecular complexity index is 856. The molecule has 6 nitrogen and oxygen atoms in total. The number of ether oxygens (including phenoxy) is 2. The van der Waals surface area contributed by atoms with E-state index >= 15 is 0 Å². The number of thiophene rings is 1. The van der Waals surface area contributed by atoms with Crippen LogP contribution in [0.2, 0.25) is 0 Å². The van der Waals surface area contributed by atoms with Crippen LogP contribution in [0, 0.1) is 13.8 Å². The first-order valence-electron chi connectivity index (χ1n) is 8.70. The van der Waals surface area contributed by atoms with E-state index in [1.165, 1.54) is 11.3 Å². The number of anilines is 1. The van der Waals surface area contributed by atoms with Crippen molar-refractivity contribution in [1.82, 2.24) is 0 Å². The fourth-order valence-electron chi connectivity index (χ4n) is 2.41. The molecule has 1 aromatic heterocycles. The molecule has 0 aliphatic carbocycles. The van der Waals surface area contributed by atoms with Gasteiger partial charge in [0.1, 0.15) is 5.00 Å². The molecule has 7 heteroatoms. The maximum absolute atomic E-state index is 12.2. The van der Waals surface area contributed by atoms with Crippen LogP contribution in [0.3, 0.4) is 0 Å². The number of carbonyl (C=O) groups is 3. The van der Waals surface area contributed by atoms with E-state index in [4.69, 9.17) is 9.47 Å². The predicted molar refractivity (Wildman–Crippen MR) is 104 cm³/mol. The smallest absolute Gasteiger partial charge is 0.341 e. The summed E-state index contributed by atoms with van der Waals surface area (Å²) in [4.78, 5) is 37.4. The van der Waals surface area contributed by atoms with Gasteiger partial charge < -0.3 is 14.8 Å². The fourth-order valence-corrected chi connectivity index (χ4v) is 3.41. The molecule has 1 amide bonds. The first-order chi connectivity index (χ1) is 12.9. The van der Waals surface area contributed by atoms with Gasteiger partial charge in [-0.15, -0.1) is 11.3 Å². The van der Waals surface area contributed by atoms with Gasteiger partial charge in [0.15, 0.2) is 6.61 Å². The SMILES string of the molecule is CCOC(=O)c1cc(CC)sc1NC(=O)COC(=O)c1cccc(C)c1C. The molecule has 0 aliphatic rings. The Labute approximate surface area is 162 Å². The molecule has 27 heavy (non-hydrogen) atoms. The first kappa shape index (κ1) is 20.6. The summed E-state index contributed by atoms with van der Waals surface area (Å²) in [5, 5.41) is 3.04. The van der Waals surface area contributed by atoms with Crippen LogP contribution in [0.4, 0.5) is 5.00 Å². The monoisotopic (exact) mass is 389 g/mol. The van der Waals surface area contributed by atoms with Gasteiger partial charge in [-0.2, -0.15) is 0 Å². The molecule has 2 aromatic rings. The summed E-state index contributed by atoms with van der Waals surface area (Å²) in [5.74, 6) is -1.56. The van der Waals surface area contributed by atoms with Crippen molar-refractivity contribution in [3.05, 3.63) is 51.4 Å². The number of esters is 2. The van der Waals surface area contributed by atoms with Crippen LogP contribution in [0.15, 0.2) is 24.3 Å². The lowest BCUT2D eigenvalue weighted by Crippen LogP contribution is -2.22. The molecule has 0 fully saturated rings. The third-order valence-corrected chi connectivity index (χ3v) is 5.23. The van der Waals surface area contributed by atoms with E-state index in [2.05, 4.69) is 5.32 Å². The highest BCUT2D eigenvalue weighted by molar-refractivity contribution is 7.16. The highest BCUT2D eigenvalue weighted by Crippen LogP contribution is 2.29. The summed E-state index contributed by atoms with van der Waals surface area (Å²) in [7, 11) is 0. The van der Waals surface area contributed by atoms with Crippen LogP contribution in [0.5, 0.6) is 0 Å². The van der Waals surface area contributed by atoms with E-state index in [1.54, 1.807) is 25.1 Å². The Balaban J connectivity index is 2.03. The number of benzene rings is 1. The molecule has 144 valence electrons. The van der Waals surface area contributed by atoms with E-state index in [0.29, 0.717) is 16.1 Å². The lowest BCUT2D eigenvalue weighted by molar-refractivity contribution is -0.119. The highest BCUT2D eigenvalue weighted by Gasteiger charge is 2.20. The van der Waals surface area contributed by atoms with Gasteiger partial charge in [0.05, 0.1) is 17.7 Å². The quantitative estimate of drug-likeness (QED) is 0.726. The molecule has 0 bridgehead atoms. The van der Waals surface area contributed by atoms with Crippen molar-refractivity contribution < 1.29 is 23.9 Å². The molecular weight excluding hydrogens is 366 g/mol. The normalized spacial score (nSPS) is 10.4. The standard InChI is InChI=1S/C20H23NO5S/c1-5-14-10-16(20(24)25-6-2)18(27-14)21-17(22)11-26-19(23)15-9-7-8-12(3)13(15)4/h7-10H,5-6,11H2,1-4H3,(H,21,22). The van der Waals surface area contributed by atoms with Gasteiger partial charge >= 0.3 is 11.9 Å². The van der Waals surface area contributed by atoms with Crippen molar-refractivity contribution in [1.29, 1.82) is 0 Å². The van der Waals surface area contributed by atoms with Gasteiger partial charge in [-0.1, -0.05) is 19.1 Å². The zero-order valence-corrected chi connectivity index (χ0v) is 16.7. The Morgan fingerprint density at radius 1 is 1.04 bits per heavy atom. The summed E-state index contributed by atoms with van der Waals surface area (Å²) < 4.78 is 10.1. The Morgan fingerprint density at radius 2 is 1.74 bits per heavy atom. The first-order valence-corrected chi connectivity index (χ1v) is 9.52. The van der Waals surface area contributed by atoms with Crippen molar-refractivity contribution >= 4 is 34.2 Å². The predicted octanol–water partition coefficient (Wildman–Crippen LogP) is 3.90. The van der Waals surface area contributed by atoms with E-state index in [0.717, 1.165) is 22.4 Å². The zero-order valence-electron chi connectivity index (χ0n) is 15.9. The lowest BCUT2D eigenvalue weighted by Gasteiger charge is -2.09. The number of rotatable bonds is 7. The van der Waals surface area contributed by atoms with Gasteiger partial charge in [0.2, 0.25) is 0 Å². The molecule has 2 rings (SSSR count). The average molecular weight is 389 g/mol. The number of hydrogen-bond donors (Lipinski definition) is 1. The van der Waals surface area contributed by atoms with Crippen molar-refractivity contribution in [3.63, 3.8) is 0 Å². The van der Waals surface area contributed by atoms with Gasteiger partial charge in [-0.25, -0.2) is 9.59 Å². The topological polar surface area (TPSA) is 81.7 Å². The number of amides is 1. The molecular formula is C20H23NO5S. The molecule has 0 aliphatic heterocycles. The fraction of sp³-hybridized carbons (Fsp3) is 0.350. The second kappa shape index (κ2) is 9.32. The van der Waals surface area contributed by atoms with Crippen LogP contribution in [-0.2, 0) is 20.7 Å². The van der Waals surface area contributed by atoms with Crippen LogP contribution in [0.1, 0.15) is 50.6 Å². The van der Waals surface area contributed by atoms with Crippen molar-refractivity contribution in [2.45, 2.75) is 34.1 Å². The summed E-state index contributed by atoms with van der Waals surface area (Å²) in [5.41, 5.74) is 2.53. The Kier molecular flexibility index (Phi) is 7.12. The summed E-state index contributed by atoms with van der Waals surface area (Å²) in [6, 6.07) is 7.04. The lowest BCUT2D eigenvalue weighted by atomic mass is 10.0. The zero-order chi connectivity index (χ0) is 20.0. The Morgan fingerprint density at radius 3 is 2.41 bits per heavy atom. The molecule has 0 unspecified atom stereocenters. The second-order valence-electron chi connectivity index (χ2n) is 5.90. The molecule has 1 N–H and O–H groups in total. The number of hydrogen-bond acceptors (Lipinski definition) is 6. The van der Waals surface area contributed by atoms with Gasteiger partial charge in [0.25, 0.3) is 5.91 Å². The van der Waals surface area contributed by atoms with Crippen LogP contribution >= 0.6 is 11.3 Å². The average Bonchev–Trinajstić information content (AvgIpc) is 3.05. The van der Waals surface area contributed by atoms with Crippen LogP contribution in [0.25, 0.3) is 0 Å². The molecule has 1 heterocycles. The molecule has 0 saturated carbocycles. The summed E-state index contributed by atoms with van der Waals surface area (Å²) >= 11 is 1.30. The van der Waals surface area contributed by atoms with Gasteiger partial charge in [0, 0.05) is 4.88 Å². The van der Waals surface area contributed by atoms with E-state index in [-0.39, 0.29) is 6.61 Å². The third kappa shape index (κ3) is 5.17. The third-order valence-electron chi connectivity index (χ3n) is 4.04. The minimum atomic E-state index is -0.558. The van der Waals surface area contributed by atoms with Gasteiger partial charge in [-0.05, 0) is 50.5 Å². The van der Waals surface area contributed by atoms with Gasteiger partial charge in [-0.3, -0.25) is 4.79 Å². The van der Waals surface area contributed by atoms with Crippen molar-refractivity contribution in [3.8, 4) is 0 Å². The van der Waals surface area contributed by atoms with Crippen LogP contribution < -0.4 is 5.32 Å². The van der Waals surface area contributed by atoms with E-state index in [9.17, 15) is 14.4 Å². The van der Waals surface area contributed by atoms with E-state index in [1.807, 2.05) is 26.8 Å². The second-order valence-corrected chi connectivity index (χ2v) is 7.04. The molecule has 0 spiro atoms. The summed E-state index contributed by atoms with van der Waals surface area (Å²) in [6.07, 6.45) is 0.731. The minimum absolute atomic E-state index is 0.247. The maximum Gasteiger partial charge on any atom is 0.341 e. The molecule has 0 saturated heterocycles. The molecule has 0 atom stereocenters. The molecule has 0 radical (unpaired) electrons. The largest absolute Gasteiger partial charge is 0.462 e.